The van der Waals surface area contributed by atoms with Crippen molar-refractivity contribution in [2.45, 2.75) is 39.0 Å². The van der Waals surface area contributed by atoms with Crippen molar-refractivity contribution >= 4 is 17.7 Å². The number of nitrogens with zero attached hydrogens (tertiary/aromatic N) is 2. The van der Waals surface area contributed by atoms with Crippen LogP contribution in [0.2, 0.25) is 0 Å². The van der Waals surface area contributed by atoms with Gasteiger partial charge in [-0.1, -0.05) is 13.3 Å². The molecule has 3 amide bonds. The Kier molecular flexibility index (Phi) is 5.73. The molecule has 0 aromatic rings. The molecule has 2 rings (SSSR count). The average Bonchev–Trinajstić information content (AvgIpc) is 2.73. The minimum Gasteiger partial charge on any atom is -0.340 e. The second-order valence-corrected chi connectivity index (χ2v) is 5.93. The maximum absolute atomic E-state index is 11.9. The number of piperazine rings is 1. The summed E-state index contributed by atoms with van der Waals surface area (Å²) >= 11 is 0. The first kappa shape index (κ1) is 15.9. The van der Waals surface area contributed by atoms with E-state index in [-0.39, 0.29) is 23.6 Å². The number of rotatable bonds is 6. The lowest BCUT2D eigenvalue weighted by Gasteiger charge is -2.27. The molecule has 118 valence electrons. The zero-order valence-corrected chi connectivity index (χ0v) is 12.8. The Labute approximate surface area is 125 Å². The molecule has 0 aromatic heterocycles. The molecule has 2 heterocycles. The largest absolute Gasteiger partial charge is 0.340 e. The number of likely N-dealkylation sites (tertiary alicyclic amines) is 1. The molecule has 6 nitrogen and oxygen atoms in total. The van der Waals surface area contributed by atoms with E-state index in [2.05, 4.69) is 5.32 Å². The summed E-state index contributed by atoms with van der Waals surface area (Å²) in [5.41, 5.74) is 0. The van der Waals surface area contributed by atoms with Gasteiger partial charge in [0.05, 0.1) is 0 Å². The topological polar surface area (TPSA) is 69.7 Å². The van der Waals surface area contributed by atoms with Crippen LogP contribution in [0.3, 0.4) is 0 Å². The van der Waals surface area contributed by atoms with Crippen molar-refractivity contribution < 1.29 is 14.4 Å². The van der Waals surface area contributed by atoms with E-state index in [4.69, 9.17) is 0 Å². The van der Waals surface area contributed by atoms with Gasteiger partial charge in [0, 0.05) is 51.5 Å². The van der Waals surface area contributed by atoms with Gasteiger partial charge >= 0.3 is 0 Å². The summed E-state index contributed by atoms with van der Waals surface area (Å²) in [6.45, 7) is 5.66. The molecule has 0 saturated carbocycles. The van der Waals surface area contributed by atoms with Crippen molar-refractivity contribution in [3.8, 4) is 0 Å². The first-order valence-corrected chi connectivity index (χ1v) is 7.92. The van der Waals surface area contributed by atoms with E-state index < -0.39 is 0 Å². The molecule has 0 bridgehead atoms. The Morgan fingerprint density at radius 2 is 1.90 bits per heavy atom. The summed E-state index contributed by atoms with van der Waals surface area (Å²) < 4.78 is 0. The molecule has 0 radical (unpaired) electrons. The van der Waals surface area contributed by atoms with Crippen LogP contribution in [0.5, 0.6) is 0 Å². The molecule has 2 fully saturated rings. The Morgan fingerprint density at radius 1 is 1.19 bits per heavy atom. The lowest BCUT2D eigenvalue weighted by molar-refractivity contribution is -0.139. The molecule has 21 heavy (non-hydrogen) atoms. The highest BCUT2D eigenvalue weighted by Crippen LogP contribution is 2.19. The Balaban J connectivity index is 1.58. The summed E-state index contributed by atoms with van der Waals surface area (Å²) in [5, 5.41) is 3.23. The molecular weight excluding hydrogens is 270 g/mol. The van der Waals surface area contributed by atoms with Gasteiger partial charge in [-0.05, 0) is 12.8 Å². The minimum atomic E-state index is -0.160. The van der Waals surface area contributed by atoms with Gasteiger partial charge in [0.2, 0.25) is 17.7 Å². The standard InChI is InChI=1S/C15H25N3O3/c1-12-11-14(20)18(15(12)21)8-4-2-3-5-13(19)17-9-6-16-7-10-17/h12,16H,2-11H2,1H3. The fraction of sp³-hybridized carbons (Fsp3) is 0.800. The SMILES string of the molecule is CC1CC(=O)N(CCCCCC(=O)N2CCNCC2)C1=O. The normalized spacial score (nSPS) is 23.0. The second kappa shape index (κ2) is 7.54. The van der Waals surface area contributed by atoms with Crippen LogP contribution < -0.4 is 5.32 Å². The Hall–Kier alpha value is -1.43. The molecule has 0 aromatic carbocycles. The van der Waals surface area contributed by atoms with Crippen molar-refractivity contribution in [3.05, 3.63) is 0 Å². The summed E-state index contributed by atoms with van der Waals surface area (Å²) in [6.07, 6.45) is 3.41. The molecule has 2 saturated heterocycles. The van der Waals surface area contributed by atoms with Crippen molar-refractivity contribution in [1.82, 2.24) is 15.1 Å². The van der Waals surface area contributed by atoms with Gasteiger partial charge in [0.15, 0.2) is 0 Å². The quantitative estimate of drug-likeness (QED) is 0.568. The number of hydrogen-bond acceptors (Lipinski definition) is 4. The van der Waals surface area contributed by atoms with Crippen LogP contribution >= 0.6 is 0 Å². The Bertz CT molecular complexity index is 405. The molecule has 0 aliphatic carbocycles. The maximum Gasteiger partial charge on any atom is 0.232 e. The van der Waals surface area contributed by atoms with Crippen LogP contribution in [0.15, 0.2) is 0 Å². The molecule has 2 aliphatic rings. The zero-order chi connectivity index (χ0) is 15.2. The fourth-order valence-electron chi connectivity index (χ4n) is 2.88. The second-order valence-electron chi connectivity index (χ2n) is 5.93. The molecular formula is C15H25N3O3. The van der Waals surface area contributed by atoms with E-state index in [1.54, 1.807) is 6.92 Å². The minimum absolute atomic E-state index is 0.0445. The van der Waals surface area contributed by atoms with E-state index in [0.29, 0.717) is 19.4 Å². The van der Waals surface area contributed by atoms with Crippen LogP contribution in [0.25, 0.3) is 0 Å². The molecule has 1 N–H and O–H groups in total. The van der Waals surface area contributed by atoms with Gasteiger partial charge in [0.25, 0.3) is 0 Å². The summed E-state index contributed by atoms with van der Waals surface area (Å²) in [5.74, 6) is -0.0356. The van der Waals surface area contributed by atoms with Gasteiger partial charge in [-0.25, -0.2) is 0 Å². The van der Waals surface area contributed by atoms with Crippen molar-refractivity contribution in [2.75, 3.05) is 32.7 Å². The zero-order valence-electron chi connectivity index (χ0n) is 12.8. The third kappa shape index (κ3) is 4.27. The van der Waals surface area contributed by atoms with Gasteiger partial charge in [0.1, 0.15) is 0 Å². The highest BCUT2D eigenvalue weighted by molar-refractivity contribution is 6.03. The molecule has 6 heteroatoms. The number of nitrogens with one attached hydrogen (secondary N) is 1. The maximum atomic E-state index is 11.9. The van der Waals surface area contributed by atoms with Crippen LogP contribution in [-0.4, -0.2) is 60.2 Å². The summed E-state index contributed by atoms with van der Waals surface area (Å²) in [6, 6.07) is 0. The number of carbonyl (C=O) groups is 3. The van der Waals surface area contributed by atoms with Gasteiger partial charge in [-0.2, -0.15) is 0 Å². The fourth-order valence-corrected chi connectivity index (χ4v) is 2.88. The third-order valence-electron chi connectivity index (χ3n) is 4.21. The predicted octanol–water partition coefficient (Wildman–Crippen LogP) is 0.374. The predicted molar refractivity (Wildman–Crippen MR) is 78.4 cm³/mol. The van der Waals surface area contributed by atoms with Gasteiger partial charge in [-0.15, -0.1) is 0 Å². The van der Waals surface area contributed by atoms with Gasteiger partial charge in [-0.3, -0.25) is 19.3 Å². The van der Waals surface area contributed by atoms with Crippen LogP contribution in [0.1, 0.15) is 39.0 Å². The van der Waals surface area contributed by atoms with E-state index in [1.165, 1.54) is 4.90 Å². The van der Waals surface area contributed by atoms with E-state index >= 15 is 0 Å². The van der Waals surface area contributed by atoms with E-state index in [9.17, 15) is 14.4 Å². The van der Waals surface area contributed by atoms with Crippen molar-refractivity contribution in [2.24, 2.45) is 5.92 Å². The molecule has 1 unspecified atom stereocenters. The highest BCUT2D eigenvalue weighted by Gasteiger charge is 2.34. The summed E-state index contributed by atoms with van der Waals surface area (Å²) in [7, 11) is 0. The Morgan fingerprint density at radius 3 is 2.52 bits per heavy atom. The first-order chi connectivity index (χ1) is 10.1. The monoisotopic (exact) mass is 295 g/mol. The average molecular weight is 295 g/mol. The number of imide groups is 1. The van der Waals surface area contributed by atoms with Gasteiger partial charge < -0.3 is 10.2 Å². The molecule has 1 atom stereocenters. The number of unbranched alkanes of at least 4 members (excludes halogenated alkanes) is 2. The lowest BCUT2D eigenvalue weighted by Crippen LogP contribution is -2.46. The van der Waals surface area contributed by atoms with Crippen molar-refractivity contribution in [3.63, 3.8) is 0 Å². The number of hydrogen-bond donors (Lipinski definition) is 1. The van der Waals surface area contributed by atoms with Crippen LogP contribution in [0.4, 0.5) is 0 Å². The summed E-state index contributed by atoms with van der Waals surface area (Å²) in [4.78, 5) is 38.6. The first-order valence-electron chi connectivity index (χ1n) is 7.92. The third-order valence-corrected chi connectivity index (χ3v) is 4.21. The number of carbonyl (C=O) groups excluding carboxylic acids is 3. The van der Waals surface area contributed by atoms with E-state index in [1.807, 2.05) is 4.90 Å². The van der Waals surface area contributed by atoms with Crippen LogP contribution in [0, 0.1) is 5.92 Å². The van der Waals surface area contributed by atoms with E-state index in [0.717, 1.165) is 45.4 Å². The van der Waals surface area contributed by atoms with Crippen molar-refractivity contribution in [1.29, 1.82) is 0 Å². The lowest BCUT2D eigenvalue weighted by atomic mass is 10.1. The number of amides is 3. The molecule has 0 spiro atoms. The smallest absolute Gasteiger partial charge is 0.232 e. The van der Waals surface area contributed by atoms with Crippen LogP contribution in [-0.2, 0) is 14.4 Å². The molecule has 2 aliphatic heterocycles. The highest BCUT2D eigenvalue weighted by atomic mass is 16.2.